The predicted molar refractivity (Wildman–Crippen MR) is 131 cm³/mol. The summed E-state index contributed by atoms with van der Waals surface area (Å²) >= 11 is 7.62. The van der Waals surface area contributed by atoms with Gasteiger partial charge >= 0.3 is 0 Å². The van der Waals surface area contributed by atoms with Crippen molar-refractivity contribution in [2.45, 2.75) is 32.1 Å². The van der Waals surface area contributed by atoms with Crippen LogP contribution in [-0.2, 0) is 17.6 Å². The minimum atomic E-state index is 0.264. The summed E-state index contributed by atoms with van der Waals surface area (Å²) in [6, 6.07) is 18.4. The Labute approximate surface area is 197 Å². The lowest BCUT2D eigenvalue weighted by Gasteiger charge is -2.32. The minimum Gasteiger partial charge on any atom is -0.343 e. The molecule has 1 aliphatic rings. The van der Waals surface area contributed by atoms with Gasteiger partial charge in [0.15, 0.2) is 4.96 Å². The summed E-state index contributed by atoms with van der Waals surface area (Å²) in [6.45, 7) is 1.75. The maximum absolute atomic E-state index is 12.8. The minimum absolute atomic E-state index is 0.264. The van der Waals surface area contributed by atoms with E-state index in [0.29, 0.717) is 12.3 Å². The second kappa shape index (κ2) is 9.47. The summed E-state index contributed by atoms with van der Waals surface area (Å²) in [5.41, 5.74) is 4.52. The van der Waals surface area contributed by atoms with Crippen molar-refractivity contribution in [2.24, 2.45) is 5.92 Å². The Morgan fingerprint density at radius 2 is 1.81 bits per heavy atom. The molecule has 1 amide bonds. The lowest BCUT2D eigenvalue weighted by molar-refractivity contribution is -0.132. The van der Waals surface area contributed by atoms with Crippen molar-refractivity contribution < 1.29 is 4.79 Å². The maximum Gasteiger partial charge on any atom is 0.222 e. The van der Waals surface area contributed by atoms with Crippen LogP contribution in [0.5, 0.6) is 0 Å². The van der Waals surface area contributed by atoms with Gasteiger partial charge in [-0.1, -0.05) is 54.1 Å². The Kier molecular flexibility index (Phi) is 6.28. The first-order valence-electron chi connectivity index (χ1n) is 11.2. The first-order chi connectivity index (χ1) is 15.7. The van der Waals surface area contributed by atoms with Crippen LogP contribution in [-0.4, -0.2) is 33.3 Å². The Morgan fingerprint density at radius 3 is 2.56 bits per heavy atom. The molecule has 0 spiro atoms. The molecular formula is C26H26ClN3OS. The number of thiazole rings is 1. The van der Waals surface area contributed by atoms with Gasteiger partial charge in [0.05, 0.1) is 5.69 Å². The average Bonchev–Trinajstić information content (AvgIpc) is 3.40. The first kappa shape index (κ1) is 21.2. The van der Waals surface area contributed by atoms with Crippen molar-refractivity contribution in [3.63, 3.8) is 0 Å². The van der Waals surface area contributed by atoms with Crippen LogP contribution in [0.2, 0.25) is 5.02 Å². The highest BCUT2D eigenvalue weighted by Gasteiger charge is 2.23. The second-order valence-electron chi connectivity index (χ2n) is 8.53. The molecule has 5 rings (SSSR count). The van der Waals surface area contributed by atoms with E-state index in [1.54, 1.807) is 11.3 Å². The fourth-order valence-corrected chi connectivity index (χ4v) is 5.53. The normalized spacial score (nSPS) is 14.8. The van der Waals surface area contributed by atoms with E-state index in [4.69, 9.17) is 16.6 Å². The zero-order valence-electron chi connectivity index (χ0n) is 17.9. The Bertz CT molecular complexity index is 1190. The molecule has 6 heteroatoms. The van der Waals surface area contributed by atoms with E-state index < -0.39 is 0 Å². The zero-order chi connectivity index (χ0) is 21.9. The highest BCUT2D eigenvalue weighted by atomic mass is 35.5. The molecular weight excluding hydrogens is 438 g/mol. The topological polar surface area (TPSA) is 37.6 Å². The van der Waals surface area contributed by atoms with E-state index in [0.717, 1.165) is 65.7 Å². The third-order valence-electron chi connectivity index (χ3n) is 6.35. The number of aryl methyl sites for hydroxylation is 1. The number of carbonyl (C=O) groups excluding carboxylic acids is 1. The lowest BCUT2D eigenvalue weighted by atomic mass is 9.90. The largest absolute Gasteiger partial charge is 0.343 e. The Morgan fingerprint density at radius 1 is 1.06 bits per heavy atom. The van der Waals surface area contributed by atoms with Crippen LogP contribution in [0.1, 0.15) is 30.5 Å². The van der Waals surface area contributed by atoms with Gasteiger partial charge in [0.25, 0.3) is 0 Å². The van der Waals surface area contributed by atoms with E-state index in [9.17, 15) is 4.79 Å². The summed E-state index contributed by atoms with van der Waals surface area (Å²) in [7, 11) is 0. The summed E-state index contributed by atoms with van der Waals surface area (Å²) in [6.07, 6.45) is 6.64. The standard InChI is InChI=1S/C26H26ClN3OS/c27-22-8-6-21(7-9-22)24-17-30-23(18-32-26(30)28-24)10-11-25(31)29-14-12-20(13-15-29)16-19-4-2-1-3-5-19/h1-9,17-18,20H,10-16H2. The number of carbonyl (C=O) groups is 1. The van der Waals surface area contributed by atoms with Crippen molar-refractivity contribution in [1.82, 2.24) is 14.3 Å². The van der Waals surface area contributed by atoms with Gasteiger partial charge in [-0.15, -0.1) is 11.3 Å². The molecule has 32 heavy (non-hydrogen) atoms. The molecule has 0 saturated carbocycles. The third kappa shape index (κ3) is 4.74. The number of amides is 1. The highest BCUT2D eigenvalue weighted by molar-refractivity contribution is 7.15. The molecule has 1 saturated heterocycles. The van der Waals surface area contributed by atoms with Crippen LogP contribution in [0.3, 0.4) is 0 Å². The molecule has 4 aromatic rings. The molecule has 0 atom stereocenters. The van der Waals surface area contributed by atoms with Crippen LogP contribution < -0.4 is 0 Å². The molecule has 0 radical (unpaired) electrons. The average molecular weight is 464 g/mol. The molecule has 2 aromatic heterocycles. The Hall–Kier alpha value is -2.63. The molecule has 1 fully saturated rings. The fraction of sp³-hybridized carbons (Fsp3) is 0.308. The molecule has 3 heterocycles. The molecule has 0 N–H and O–H groups in total. The summed E-state index contributed by atoms with van der Waals surface area (Å²) in [5, 5.41) is 2.84. The first-order valence-corrected chi connectivity index (χ1v) is 12.4. The lowest BCUT2D eigenvalue weighted by Crippen LogP contribution is -2.39. The number of aromatic nitrogens is 2. The van der Waals surface area contributed by atoms with E-state index >= 15 is 0 Å². The van der Waals surface area contributed by atoms with Gasteiger partial charge < -0.3 is 4.90 Å². The van der Waals surface area contributed by atoms with Crippen molar-refractivity contribution in [2.75, 3.05) is 13.1 Å². The number of rotatable bonds is 6. The number of nitrogens with zero attached hydrogens (tertiary/aromatic N) is 3. The van der Waals surface area contributed by atoms with Crippen molar-refractivity contribution in [3.8, 4) is 11.3 Å². The van der Waals surface area contributed by atoms with E-state index in [2.05, 4.69) is 51.2 Å². The number of hydrogen-bond acceptors (Lipinski definition) is 3. The number of piperidine rings is 1. The third-order valence-corrected chi connectivity index (χ3v) is 7.49. The number of halogens is 1. The van der Waals surface area contributed by atoms with Crippen LogP contribution in [0.25, 0.3) is 16.2 Å². The maximum atomic E-state index is 12.8. The van der Waals surface area contributed by atoms with E-state index in [1.807, 2.05) is 24.3 Å². The van der Waals surface area contributed by atoms with Gasteiger partial charge in [-0.25, -0.2) is 4.98 Å². The summed E-state index contributed by atoms with van der Waals surface area (Å²) in [5.74, 6) is 0.940. The predicted octanol–water partition coefficient (Wildman–Crippen LogP) is 6.13. The van der Waals surface area contributed by atoms with Crippen LogP contribution in [0.15, 0.2) is 66.2 Å². The van der Waals surface area contributed by atoms with Gasteiger partial charge in [0.2, 0.25) is 5.91 Å². The second-order valence-corrected chi connectivity index (χ2v) is 9.80. The number of hydrogen-bond donors (Lipinski definition) is 0. The van der Waals surface area contributed by atoms with Gasteiger partial charge in [-0.05, 0) is 49.3 Å². The molecule has 4 nitrogen and oxygen atoms in total. The molecule has 0 unspecified atom stereocenters. The molecule has 164 valence electrons. The van der Waals surface area contributed by atoms with Crippen molar-refractivity contribution in [1.29, 1.82) is 0 Å². The van der Waals surface area contributed by atoms with Crippen LogP contribution in [0, 0.1) is 5.92 Å². The van der Waals surface area contributed by atoms with Crippen molar-refractivity contribution in [3.05, 3.63) is 82.5 Å². The number of likely N-dealkylation sites (tertiary alicyclic amines) is 1. The summed E-state index contributed by atoms with van der Waals surface area (Å²) < 4.78 is 2.12. The zero-order valence-corrected chi connectivity index (χ0v) is 19.5. The van der Waals surface area contributed by atoms with Crippen LogP contribution >= 0.6 is 22.9 Å². The molecule has 1 aliphatic heterocycles. The SMILES string of the molecule is O=C(CCc1csc2nc(-c3ccc(Cl)cc3)cn12)N1CCC(Cc2ccccc2)CC1. The van der Waals surface area contributed by atoms with Gasteiger partial charge in [-0.2, -0.15) is 0 Å². The van der Waals surface area contributed by atoms with Gasteiger partial charge in [-0.3, -0.25) is 9.20 Å². The fourth-order valence-electron chi connectivity index (χ4n) is 4.50. The van der Waals surface area contributed by atoms with E-state index in [-0.39, 0.29) is 5.91 Å². The highest BCUT2D eigenvalue weighted by Crippen LogP contribution is 2.26. The van der Waals surface area contributed by atoms with Crippen LogP contribution in [0.4, 0.5) is 0 Å². The Balaban J connectivity index is 1.16. The van der Waals surface area contributed by atoms with Crippen molar-refractivity contribution >= 4 is 33.8 Å². The monoisotopic (exact) mass is 463 g/mol. The van der Waals surface area contributed by atoms with Gasteiger partial charge in [0.1, 0.15) is 0 Å². The smallest absolute Gasteiger partial charge is 0.222 e. The quantitative estimate of drug-likeness (QED) is 0.345. The number of imidazole rings is 1. The number of benzene rings is 2. The molecule has 2 aromatic carbocycles. The van der Waals surface area contributed by atoms with Gasteiger partial charge in [0, 0.05) is 47.4 Å². The molecule has 0 bridgehead atoms. The number of fused-ring (bicyclic) bond motifs is 1. The molecule has 0 aliphatic carbocycles. The van der Waals surface area contributed by atoms with E-state index in [1.165, 1.54) is 5.56 Å². The summed E-state index contributed by atoms with van der Waals surface area (Å²) in [4.78, 5) is 20.6.